The summed E-state index contributed by atoms with van der Waals surface area (Å²) in [7, 11) is 1.54. The van der Waals surface area contributed by atoms with E-state index in [0.29, 0.717) is 29.4 Å². The van der Waals surface area contributed by atoms with E-state index in [9.17, 15) is 4.39 Å². The first kappa shape index (κ1) is 20.4. The number of anilines is 3. The molecule has 0 bridgehead atoms. The second-order valence-corrected chi connectivity index (χ2v) is 7.41. The van der Waals surface area contributed by atoms with Crippen LogP contribution in [0, 0.1) is 5.82 Å². The fraction of sp³-hybridized carbons (Fsp3) is 0.0800. The van der Waals surface area contributed by atoms with Crippen LogP contribution in [0.25, 0.3) is 22.3 Å². The van der Waals surface area contributed by atoms with Crippen LogP contribution in [0.15, 0.2) is 79.1 Å². The lowest BCUT2D eigenvalue weighted by Crippen LogP contribution is -2.02. The number of nitrogens with one attached hydrogen (secondary N) is 3. The summed E-state index contributed by atoms with van der Waals surface area (Å²) in [6, 6.07) is 22.0. The number of benzene rings is 3. The van der Waals surface area contributed by atoms with E-state index in [0.717, 1.165) is 28.2 Å². The van der Waals surface area contributed by atoms with Crippen molar-refractivity contribution in [3.63, 3.8) is 0 Å². The second kappa shape index (κ2) is 8.96. The summed E-state index contributed by atoms with van der Waals surface area (Å²) < 4.78 is 19.1. The minimum Gasteiger partial charge on any atom is -0.496 e. The molecule has 33 heavy (non-hydrogen) atoms. The van der Waals surface area contributed by atoms with Crippen molar-refractivity contribution in [2.45, 2.75) is 6.54 Å². The molecule has 8 heteroatoms. The van der Waals surface area contributed by atoms with Crippen LogP contribution in [-0.4, -0.2) is 27.0 Å². The van der Waals surface area contributed by atoms with Gasteiger partial charge in [-0.2, -0.15) is 0 Å². The van der Waals surface area contributed by atoms with Crippen molar-refractivity contribution in [1.82, 2.24) is 19.9 Å². The number of hydrogen-bond donors (Lipinski definition) is 3. The highest BCUT2D eigenvalue weighted by atomic mass is 19.1. The van der Waals surface area contributed by atoms with Gasteiger partial charge in [-0.1, -0.05) is 24.3 Å². The van der Waals surface area contributed by atoms with E-state index in [2.05, 4.69) is 30.6 Å². The number of rotatable bonds is 7. The Kier molecular flexibility index (Phi) is 5.55. The van der Waals surface area contributed by atoms with E-state index in [1.807, 2.05) is 48.5 Å². The molecule has 5 aromatic rings. The van der Waals surface area contributed by atoms with E-state index < -0.39 is 0 Å². The van der Waals surface area contributed by atoms with Crippen LogP contribution in [0.3, 0.4) is 0 Å². The molecule has 2 heterocycles. The van der Waals surface area contributed by atoms with Crippen LogP contribution in [0.1, 0.15) is 5.56 Å². The van der Waals surface area contributed by atoms with Gasteiger partial charge >= 0.3 is 0 Å². The summed E-state index contributed by atoms with van der Waals surface area (Å²) >= 11 is 0. The normalized spacial score (nSPS) is 10.8. The topological polar surface area (TPSA) is 87.8 Å². The molecular formula is C25H21FN6O. The number of methoxy groups -OCH3 is 1. The molecule has 0 saturated heterocycles. The third-order valence-corrected chi connectivity index (χ3v) is 5.15. The maximum Gasteiger partial charge on any atom is 0.201 e. The molecule has 0 saturated carbocycles. The fourth-order valence-corrected chi connectivity index (χ4v) is 3.58. The Morgan fingerprint density at radius 1 is 0.970 bits per heavy atom. The minimum absolute atomic E-state index is 0.358. The van der Waals surface area contributed by atoms with Crippen molar-refractivity contribution in [2.24, 2.45) is 0 Å². The standard InChI is InChI=1S/C25H21FN6O/c1-33-23-10-9-17(26)12-19(23)22-13-24(29-15-28-22)30-18-6-4-5-16(11-18)14-27-25-31-20-7-2-3-8-21(20)32-25/h2-13,15H,14H2,1H3,(H2,27,31,32)(H,28,29,30). The molecule has 0 atom stereocenters. The molecule has 3 N–H and O–H groups in total. The van der Waals surface area contributed by atoms with Crippen molar-refractivity contribution in [1.29, 1.82) is 0 Å². The SMILES string of the molecule is COc1ccc(F)cc1-c1cc(Nc2cccc(CNc3nc4ccccc4[nH]3)c2)ncn1. The number of H-pyrrole nitrogens is 1. The van der Waals surface area contributed by atoms with Crippen LogP contribution in [0.2, 0.25) is 0 Å². The summed E-state index contributed by atoms with van der Waals surface area (Å²) in [5, 5.41) is 6.61. The summed E-state index contributed by atoms with van der Waals surface area (Å²) in [6.45, 7) is 0.602. The fourth-order valence-electron chi connectivity index (χ4n) is 3.58. The van der Waals surface area contributed by atoms with Crippen molar-refractivity contribution in [3.8, 4) is 17.0 Å². The number of hydrogen-bond acceptors (Lipinski definition) is 6. The lowest BCUT2D eigenvalue weighted by molar-refractivity contribution is 0.415. The maximum atomic E-state index is 13.8. The molecule has 0 aliphatic rings. The number of imidazole rings is 1. The van der Waals surface area contributed by atoms with Gasteiger partial charge in [-0.3, -0.25) is 0 Å². The van der Waals surface area contributed by atoms with Crippen LogP contribution in [0.5, 0.6) is 5.75 Å². The predicted molar refractivity (Wildman–Crippen MR) is 127 cm³/mol. The highest BCUT2D eigenvalue weighted by Gasteiger charge is 2.10. The zero-order valence-electron chi connectivity index (χ0n) is 17.8. The number of aromatic amines is 1. The average molecular weight is 440 g/mol. The van der Waals surface area contributed by atoms with Gasteiger partial charge in [-0.15, -0.1) is 0 Å². The Labute approximate surface area is 189 Å². The summed E-state index contributed by atoms with van der Waals surface area (Å²) in [4.78, 5) is 16.4. The van der Waals surface area contributed by atoms with Gasteiger partial charge in [0, 0.05) is 23.9 Å². The monoisotopic (exact) mass is 440 g/mol. The van der Waals surface area contributed by atoms with Gasteiger partial charge in [-0.25, -0.2) is 19.3 Å². The Morgan fingerprint density at radius 2 is 1.88 bits per heavy atom. The minimum atomic E-state index is -0.358. The predicted octanol–water partition coefficient (Wildman–Crippen LogP) is 5.52. The van der Waals surface area contributed by atoms with Gasteiger partial charge in [0.1, 0.15) is 23.7 Å². The molecule has 164 valence electrons. The second-order valence-electron chi connectivity index (χ2n) is 7.41. The van der Waals surface area contributed by atoms with Crippen LogP contribution in [0.4, 0.5) is 21.8 Å². The molecule has 0 radical (unpaired) electrons. The highest BCUT2D eigenvalue weighted by Crippen LogP contribution is 2.30. The van der Waals surface area contributed by atoms with E-state index >= 15 is 0 Å². The average Bonchev–Trinajstić information content (AvgIpc) is 3.26. The van der Waals surface area contributed by atoms with Crippen LogP contribution in [-0.2, 0) is 6.54 Å². The molecule has 3 aromatic carbocycles. The largest absolute Gasteiger partial charge is 0.496 e. The summed E-state index contributed by atoms with van der Waals surface area (Å²) in [5.74, 6) is 1.50. The molecule has 0 unspecified atom stereocenters. The van der Waals surface area contributed by atoms with E-state index in [1.165, 1.54) is 18.5 Å². The van der Waals surface area contributed by atoms with Crippen molar-refractivity contribution >= 4 is 28.5 Å². The lowest BCUT2D eigenvalue weighted by atomic mass is 10.1. The Morgan fingerprint density at radius 3 is 2.76 bits per heavy atom. The summed E-state index contributed by atoms with van der Waals surface area (Å²) in [5.41, 5.74) is 4.98. The number of para-hydroxylation sites is 2. The number of nitrogens with zero attached hydrogens (tertiary/aromatic N) is 3. The smallest absolute Gasteiger partial charge is 0.201 e. The molecule has 0 aliphatic carbocycles. The van der Waals surface area contributed by atoms with E-state index in [4.69, 9.17) is 4.74 Å². The molecule has 0 spiro atoms. The highest BCUT2D eigenvalue weighted by molar-refractivity contribution is 5.77. The number of fused-ring (bicyclic) bond motifs is 1. The third kappa shape index (κ3) is 4.59. The van der Waals surface area contributed by atoms with Crippen molar-refractivity contribution < 1.29 is 9.13 Å². The van der Waals surface area contributed by atoms with Gasteiger partial charge in [0.05, 0.1) is 23.8 Å². The van der Waals surface area contributed by atoms with Gasteiger partial charge < -0.3 is 20.4 Å². The van der Waals surface area contributed by atoms with E-state index in [1.54, 1.807) is 19.2 Å². The molecular weight excluding hydrogens is 419 g/mol. The van der Waals surface area contributed by atoms with Gasteiger partial charge in [0.2, 0.25) is 5.95 Å². The molecule has 0 fully saturated rings. The number of ether oxygens (including phenoxy) is 1. The zero-order valence-corrected chi connectivity index (χ0v) is 17.8. The molecule has 7 nitrogen and oxygen atoms in total. The third-order valence-electron chi connectivity index (χ3n) is 5.15. The number of aromatic nitrogens is 4. The Hall–Kier alpha value is -4.46. The number of halogens is 1. The van der Waals surface area contributed by atoms with Crippen LogP contribution >= 0.6 is 0 Å². The van der Waals surface area contributed by atoms with Gasteiger partial charge in [0.15, 0.2) is 0 Å². The van der Waals surface area contributed by atoms with Crippen molar-refractivity contribution in [3.05, 3.63) is 90.5 Å². The first-order chi connectivity index (χ1) is 16.2. The first-order valence-electron chi connectivity index (χ1n) is 10.4. The lowest BCUT2D eigenvalue weighted by Gasteiger charge is -2.11. The molecule has 0 aliphatic heterocycles. The Balaban J connectivity index is 1.32. The molecule has 5 rings (SSSR count). The zero-order chi connectivity index (χ0) is 22.6. The van der Waals surface area contributed by atoms with Crippen LogP contribution < -0.4 is 15.4 Å². The molecule has 0 amide bonds. The first-order valence-corrected chi connectivity index (χ1v) is 10.4. The maximum absolute atomic E-state index is 13.8. The summed E-state index contributed by atoms with van der Waals surface area (Å²) in [6.07, 6.45) is 1.44. The van der Waals surface area contributed by atoms with Gasteiger partial charge in [0.25, 0.3) is 0 Å². The van der Waals surface area contributed by atoms with Gasteiger partial charge in [-0.05, 0) is 48.0 Å². The Bertz CT molecular complexity index is 1380. The van der Waals surface area contributed by atoms with E-state index in [-0.39, 0.29) is 5.82 Å². The molecule has 2 aromatic heterocycles. The van der Waals surface area contributed by atoms with Crippen molar-refractivity contribution in [2.75, 3.05) is 17.7 Å². The quantitative estimate of drug-likeness (QED) is 0.309.